The Hall–Kier alpha value is -1.61. The Bertz CT molecular complexity index is 732. The Labute approximate surface area is 132 Å². The summed E-state index contributed by atoms with van der Waals surface area (Å²) in [5, 5.41) is 3.52. The summed E-state index contributed by atoms with van der Waals surface area (Å²) in [5.74, 6) is 0.762. The normalized spacial score (nSPS) is 22.1. The molecule has 3 N–H and O–H groups in total. The number of nitrogens with two attached hydrogens (primary N) is 1. The second-order valence-electron chi connectivity index (χ2n) is 6.96. The van der Waals surface area contributed by atoms with Gasteiger partial charge in [0.15, 0.2) is 0 Å². The summed E-state index contributed by atoms with van der Waals surface area (Å²) in [5.41, 5.74) is 4.35. The second kappa shape index (κ2) is 6.25. The lowest BCUT2D eigenvalue weighted by Crippen LogP contribution is -2.90. The van der Waals surface area contributed by atoms with Crippen LogP contribution in [-0.4, -0.2) is 11.0 Å². The first-order chi connectivity index (χ1) is 10.6. The van der Waals surface area contributed by atoms with Crippen LogP contribution in [0.5, 0.6) is 0 Å². The van der Waals surface area contributed by atoms with Crippen LogP contribution < -0.4 is 10.9 Å². The molecule has 2 atom stereocenters. The van der Waals surface area contributed by atoms with Crippen LogP contribution in [0.3, 0.4) is 0 Å². The molecule has 22 heavy (non-hydrogen) atoms. The van der Waals surface area contributed by atoms with Crippen molar-refractivity contribution in [1.29, 1.82) is 0 Å². The van der Waals surface area contributed by atoms with E-state index in [1.165, 1.54) is 36.8 Å². The largest absolute Gasteiger partial charge is 0.340 e. The highest BCUT2D eigenvalue weighted by atomic mass is 16.1. The first-order valence-corrected chi connectivity index (χ1v) is 8.51. The van der Waals surface area contributed by atoms with Crippen molar-refractivity contribution in [3.8, 4) is 0 Å². The zero-order valence-electron chi connectivity index (χ0n) is 13.9. The minimum atomic E-state index is 0.0703. The lowest BCUT2D eigenvalue weighted by Gasteiger charge is -2.26. The number of rotatable bonds is 3. The zero-order valence-corrected chi connectivity index (χ0v) is 13.9. The van der Waals surface area contributed by atoms with E-state index in [-0.39, 0.29) is 5.56 Å². The quantitative estimate of drug-likeness (QED) is 0.899. The molecule has 0 spiro atoms. The van der Waals surface area contributed by atoms with E-state index >= 15 is 0 Å². The zero-order chi connectivity index (χ0) is 15.7. The Balaban J connectivity index is 1.83. The second-order valence-corrected chi connectivity index (χ2v) is 6.96. The Kier molecular flexibility index (Phi) is 4.34. The van der Waals surface area contributed by atoms with E-state index < -0.39 is 0 Å². The van der Waals surface area contributed by atoms with E-state index in [1.54, 1.807) is 0 Å². The minimum absolute atomic E-state index is 0.0703. The van der Waals surface area contributed by atoms with Gasteiger partial charge in [0.1, 0.15) is 6.54 Å². The number of H-pyrrole nitrogens is 1. The minimum Gasteiger partial charge on any atom is -0.340 e. The van der Waals surface area contributed by atoms with Crippen molar-refractivity contribution in [2.24, 2.45) is 5.92 Å². The molecule has 0 bridgehead atoms. The molecule has 0 aliphatic heterocycles. The Morgan fingerprint density at radius 2 is 2.00 bits per heavy atom. The number of aryl methyl sites for hydroxylation is 2. The number of benzene rings is 1. The predicted octanol–water partition coefficient (Wildman–Crippen LogP) is 2.79. The van der Waals surface area contributed by atoms with Crippen LogP contribution >= 0.6 is 0 Å². The fourth-order valence-electron chi connectivity index (χ4n) is 3.70. The van der Waals surface area contributed by atoms with Crippen LogP contribution in [0.1, 0.15) is 49.3 Å². The maximum absolute atomic E-state index is 12.4. The molecule has 0 unspecified atom stereocenters. The molecule has 1 aromatic carbocycles. The van der Waals surface area contributed by atoms with E-state index in [2.05, 4.69) is 49.3 Å². The number of nitrogens with one attached hydrogen (secondary N) is 1. The average molecular weight is 299 g/mol. The molecule has 1 saturated carbocycles. The molecule has 3 heteroatoms. The van der Waals surface area contributed by atoms with Crippen LogP contribution in [0.15, 0.2) is 23.0 Å². The van der Waals surface area contributed by atoms with Crippen molar-refractivity contribution in [1.82, 2.24) is 4.98 Å². The van der Waals surface area contributed by atoms with Gasteiger partial charge in [0.25, 0.3) is 5.56 Å². The summed E-state index contributed by atoms with van der Waals surface area (Å²) in [6.45, 7) is 7.28. The predicted molar refractivity (Wildman–Crippen MR) is 91.1 cm³/mol. The van der Waals surface area contributed by atoms with Gasteiger partial charge in [-0.15, -0.1) is 0 Å². The Morgan fingerprint density at radius 3 is 2.77 bits per heavy atom. The van der Waals surface area contributed by atoms with Gasteiger partial charge in [-0.3, -0.25) is 4.79 Å². The number of aromatic amines is 1. The molecule has 1 aromatic heterocycles. The average Bonchev–Trinajstić information content (AvgIpc) is 2.51. The number of fused-ring (bicyclic) bond motifs is 1. The molecule has 3 rings (SSSR count). The Morgan fingerprint density at radius 1 is 1.23 bits per heavy atom. The van der Waals surface area contributed by atoms with E-state index in [0.29, 0.717) is 6.04 Å². The highest BCUT2D eigenvalue weighted by Gasteiger charge is 2.24. The van der Waals surface area contributed by atoms with Crippen molar-refractivity contribution in [2.75, 3.05) is 0 Å². The number of pyridine rings is 1. The maximum Gasteiger partial charge on any atom is 0.257 e. The third kappa shape index (κ3) is 2.95. The van der Waals surface area contributed by atoms with Crippen molar-refractivity contribution in [3.63, 3.8) is 0 Å². The molecule has 1 heterocycles. The molecule has 0 radical (unpaired) electrons. The molecule has 3 nitrogen and oxygen atoms in total. The fourth-order valence-corrected chi connectivity index (χ4v) is 3.70. The fraction of sp³-hybridized carbons (Fsp3) is 0.526. The number of hydrogen-bond donors (Lipinski definition) is 2. The van der Waals surface area contributed by atoms with Crippen LogP contribution in [0.2, 0.25) is 0 Å². The van der Waals surface area contributed by atoms with Crippen LogP contribution in [-0.2, 0) is 6.54 Å². The smallest absolute Gasteiger partial charge is 0.257 e. The van der Waals surface area contributed by atoms with Crippen molar-refractivity contribution in [2.45, 2.75) is 59.0 Å². The van der Waals surface area contributed by atoms with Crippen LogP contribution in [0.4, 0.5) is 0 Å². The summed E-state index contributed by atoms with van der Waals surface area (Å²) in [4.78, 5) is 15.5. The molecular weight excluding hydrogens is 272 g/mol. The van der Waals surface area contributed by atoms with Crippen LogP contribution in [0, 0.1) is 19.8 Å². The van der Waals surface area contributed by atoms with E-state index in [0.717, 1.165) is 28.9 Å². The lowest BCUT2D eigenvalue weighted by atomic mass is 9.86. The number of hydrogen-bond acceptors (Lipinski definition) is 1. The first-order valence-electron chi connectivity index (χ1n) is 8.51. The third-order valence-corrected chi connectivity index (χ3v) is 5.45. The molecule has 2 aromatic rings. The van der Waals surface area contributed by atoms with Crippen LogP contribution in [0.25, 0.3) is 10.9 Å². The van der Waals surface area contributed by atoms with E-state index in [9.17, 15) is 4.79 Å². The van der Waals surface area contributed by atoms with Gasteiger partial charge in [-0.2, -0.15) is 0 Å². The standard InChI is InChI=1S/C19H26N2O/c1-12-8-9-15-10-16(19(22)21-18(15)14(12)3)11-20-17-7-5-4-6-13(17)2/h8-10,13,17,20H,4-7,11H2,1-3H3,(H,21,22)/p+1/t13-,17-/m1/s1. The highest BCUT2D eigenvalue weighted by Crippen LogP contribution is 2.21. The molecule has 118 valence electrons. The highest BCUT2D eigenvalue weighted by molar-refractivity contribution is 5.83. The van der Waals surface area contributed by atoms with Gasteiger partial charge < -0.3 is 10.3 Å². The van der Waals surface area contributed by atoms with Crippen molar-refractivity contribution in [3.05, 3.63) is 45.2 Å². The first kappa shape index (κ1) is 15.3. The summed E-state index contributed by atoms with van der Waals surface area (Å²) in [6.07, 6.45) is 5.30. The molecule has 1 aliphatic rings. The third-order valence-electron chi connectivity index (χ3n) is 5.45. The van der Waals surface area contributed by atoms with Gasteiger partial charge in [0.2, 0.25) is 0 Å². The van der Waals surface area contributed by atoms with Gasteiger partial charge in [-0.25, -0.2) is 0 Å². The molecule has 1 fully saturated rings. The SMILES string of the molecule is Cc1ccc2cc(C[NH2+][C@@H]3CCCC[C@H]3C)c(=O)[nH]c2c1C. The summed E-state index contributed by atoms with van der Waals surface area (Å²) < 4.78 is 0. The van der Waals surface area contributed by atoms with Gasteiger partial charge in [0, 0.05) is 5.92 Å². The molecule has 0 amide bonds. The summed E-state index contributed by atoms with van der Waals surface area (Å²) >= 11 is 0. The topological polar surface area (TPSA) is 49.5 Å². The van der Waals surface area contributed by atoms with Gasteiger partial charge in [-0.05, 0) is 55.7 Å². The molecule has 0 saturated heterocycles. The van der Waals surface area contributed by atoms with Crippen molar-refractivity contribution >= 4 is 10.9 Å². The number of aromatic nitrogens is 1. The van der Waals surface area contributed by atoms with Gasteiger partial charge in [0.05, 0.1) is 17.1 Å². The monoisotopic (exact) mass is 299 g/mol. The molecular formula is C19H27N2O+. The van der Waals surface area contributed by atoms with Crippen molar-refractivity contribution < 1.29 is 5.32 Å². The molecule has 1 aliphatic carbocycles. The van der Waals surface area contributed by atoms with E-state index in [1.807, 2.05) is 0 Å². The summed E-state index contributed by atoms with van der Waals surface area (Å²) in [7, 11) is 0. The van der Waals surface area contributed by atoms with E-state index in [4.69, 9.17) is 0 Å². The lowest BCUT2D eigenvalue weighted by molar-refractivity contribution is -0.712. The maximum atomic E-state index is 12.4. The van der Waals surface area contributed by atoms with Gasteiger partial charge in [-0.1, -0.05) is 25.5 Å². The number of quaternary nitrogens is 1. The summed E-state index contributed by atoms with van der Waals surface area (Å²) in [6, 6.07) is 6.99. The van der Waals surface area contributed by atoms with Gasteiger partial charge >= 0.3 is 0 Å².